The molecule has 0 unspecified atom stereocenters. The van der Waals surface area contributed by atoms with Crippen LogP contribution in [-0.4, -0.2) is 9.97 Å². The van der Waals surface area contributed by atoms with Crippen LogP contribution in [0.4, 0.5) is 5.00 Å². The number of anilines is 1. The fraction of sp³-hybridized carbons (Fsp3) is 0. The lowest BCUT2D eigenvalue weighted by atomic mass is 10.3. The Morgan fingerprint density at radius 3 is 2.93 bits per heavy atom. The number of rotatable bonds is 2. The number of thiol groups is 1. The number of nitriles is 1. The van der Waals surface area contributed by atoms with E-state index < -0.39 is 0 Å². The van der Waals surface area contributed by atoms with Crippen LogP contribution in [-0.2, 0) is 0 Å². The standard InChI is InChI=1S/C9H6N4S2/c10-4-7-9(13-14)15-8(12-7)6-2-1-3-11-5-6/h1-3,5,13-14H. The Morgan fingerprint density at radius 2 is 2.40 bits per heavy atom. The van der Waals surface area contributed by atoms with Crippen molar-refractivity contribution in [3.8, 4) is 16.6 Å². The van der Waals surface area contributed by atoms with Crippen molar-refractivity contribution in [3.63, 3.8) is 0 Å². The Labute approximate surface area is 96.2 Å². The molecule has 1 N–H and O–H groups in total. The molecule has 0 bridgehead atoms. The summed E-state index contributed by atoms with van der Waals surface area (Å²) in [5.74, 6) is 0. The molecule has 4 nitrogen and oxygen atoms in total. The van der Waals surface area contributed by atoms with Crippen molar-refractivity contribution in [2.75, 3.05) is 4.72 Å². The van der Waals surface area contributed by atoms with E-state index in [1.807, 2.05) is 18.2 Å². The third-order valence-corrected chi connectivity index (χ3v) is 3.14. The summed E-state index contributed by atoms with van der Waals surface area (Å²) in [6, 6.07) is 5.73. The van der Waals surface area contributed by atoms with E-state index in [0.717, 1.165) is 10.6 Å². The van der Waals surface area contributed by atoms with Gasteiger partial charge in [-0.15, -0.1) is 0 Å². The van der Waals surface area contributed by atoms with Gasteiger partial charge >= 0.3 is 0 Å². The van der Waals surface area contributed by atoms with Crippen LogP contribution in [0.1, 0.15) is 5.69 Å². The van der Waals surface area contributed by atoms with Crippen molar-refractivity contribution in [2.45, 2.75) is 0 Å². The monoisotopic (exact) mass is 234 g/mol. The molecule has 2 aromatic heterocycles. The van der Waals surface area contributed by atoms with Crippen LogP contribution in [0, 0.1) is 11.3 Å². The largest absolute Gasteiger partial charge is 0.322 e. The zero-order valence-corrected chi connectivity index (χ0v) is 9.22. The molecule has 0 aromatic carbocycles. The molecule has 2 aromatic rings. The van der Waals surface area contributed by atoms with Crippen LogP contribution < -0.4 is 4.72 Å². The average Bonchev–Trinajstić information content (AvgIpc) is 2.73. The highest BCUT2D eigenvalue weighted by atomic mass is 32.1. The highest BCUT2D eigenvalue weighted by Gasteiger charge is 2.10. The minimum Gasteiger partial charge on any atom is -0.322 e. The average molecular weight is 234 g/mol. The van der Waals surface area contributed by atoms with E-state index in [1.54, 1.807) is 12.4 Å². The first-order chi connectivity index (χ1) is 7.35. The van der Waals surface area contributed by atoms with Gasteiger partial charge in [0.05, 0.1) is 0 Å². The van der Waals surface area contributed by atoms with Crippen LogP contribution in [0.15, 0.2) is 24.5 Å². The van der Waals surface area contributed by atoms with Gasteiger partial charge in [-0.05, 0) is 12.1 Å². The first-order valence-electron chi connectivity index (χ1n) is 4.06. The second-order valence-corrected chi connectivity index (χ2v) is 3.88. The summed E-state index contributed by atoms with van der Waals surface area (Å²) in [4.78, 5) is 8.17. The fourth-order valence-electron chi connectivity index (χ4n) is 1.08. The Hall–Kier alpha value is -1.58. The highest BCUT2D eigenvalue weighted by Crippen LogP contribution is 2.31. The number of hydrogen-bond donors (Lipinski definition) is 2. The Kier molecular flexibility index (Phi) is 2.85. The van der Waals surface area contributed by atoms with Gasteiger partial charge in [-0.25, -0.2) is 4.98 Å². The molecule has 0 aliphatic rings. The Morgan fingerprint density at radius 1 is 1.53 bits per heavy atom. The first-order valence-corrected chi connectivity index (χ1v) is 5.33. The molecule has 0 amide bonds. The molecule has 0 fully saturated rings. The second-order valence-electron chi connectivity index (χ2n) is 2.66. The topological polar surface area (TPSA) is 61.6 Å². The van der Waals surface area contributed by atoms with Gasteiger partial charge in [-0.1, -0.05) is 24.2 Å². The summed E-state index contributed by atoms with van der Waals surface area (Å²) < 4.78 is 2.64. The molecule has 6 heteroatoms. The molecule has 0 saturated carbocycles. The molecule has 0 radical (unpaired) electrons. The van der Waals surface area contributed by atoms with Gasteiger partial charge in [0.1, 0.15) is 16.1 Å². The molecule has 2 rings (SSSR count). The molecular formula is C9H6N4S2. The van der Waals surface area contributed by atoms with Gasteiger partial charge in [0.2, 0.25) is 0 Å². The van der Waals surface area contributed by atoms with Gasteiger partial charge in [-0.2, -0.15) is 5.26 Å². The molecule has 0 atom stereocenters. The zero-order valence-electron chi connectivity index (χ0n) is 7.51. The second kappa shape index (κ2) is 4.29. The van der Waals surface area contributed by atoms with Gasteiger partial charge in [0, 0.05) is 18.0 Å². The van der Waals surface area contributed by atoms with E-state index in [-0.39, 0.29) is 0 Å². The summed E-state index contributed by atoms with van der Waals surface area (Å²) in [6.07, 6.45) is 3.41. The predicted octanol–water partition coefficient (Wildman–Crippen LogP) is 2.33. The maximum atomic E-state index is 8.81. The van der Waals surface area contributed by atoms with E-state index in [1.165, 1.54) is 11.3 Å². The van der Waals surface area contributed by atoms with Crippen molar-refractivity contribution >= 4 is 29.2 Å². The minimum absolute atomic E-state index is 0.355. The normalized spacial score (nSPS) is 9.60. The smallest absolute Gasteiger partial charge is 0.176 e. The number of nitrogens with zero attached hydrogens (tertiary/aromatic N) is 3. The number of thiazole rings is 1. The zero-order chi connectivity index (χ0) is 10.7. The molecule has 0 aliphatic carbocycles. The highest BCUT2D eigenvalue weighted by molar-refractivity contribution is 7.82. The van der Waals surface area contributed by atoms with Crippen LogP contribution in [0.2, 0.25) is 0 Å². The SMILES string of the molecule is N#Cc1nc(-c2cccnc2)sc1NS. The van der Waals surface area contributed by atoms with E-state index >= 15 is 0 Å². The summed E-state index contributed by atoms with van der Waals surface area (Å²) in [5, 5.41) is 10.2. The molecular weight excluding hydrogens is 228 g/mol. The lowest BCUT2D eigenvalue weighted by Crippen LogP contribution is -1.81. The maximum absolute atomic E-state index is 8.81. The lowest BCUT2D eigenvalue weighted by molar-refractivity contribution is 1.29. The van der Waals surface area contributed by atoms with Gasteiger partial charge < -0.3 is 4.72 Å². The first kappa shape index (κ1) is 9.96. The summed E-state index contributed by atoms with van der Waals surface area (Å²) in [7, 11) is 0. The van der Waals surface area contributed by atoms with Crippen LogP contribution in [0.3, 0.4) is 0 Å². The number of hydrogen-bond acceptors (Lipinski definition) is 6. The van der Waals surface area contributed by atoms with Crippen LogP contribution in [0.25, 0.3) is 10.6 Å². The van der Waals surface area contributed by atoms with Gasteiger partial charge in [0.15, 0.2) is 5.69 Å². The third kappa shape index (κ3) is 1.93. The van der Waals surface area contributed by atoms with E-state index in [0.29, 0.717) is 10.7 Å². The molecule has 0 spiro atoms. The van der Waals surface area contributed by atoms with Crippen molar-refractivity contribution in [2.24, 2.45) is 0 Å². The van der Waals surface area contributed by atoms with Crippen molar-refractivity contribution in [1.82, 2.24) is 9.97 Å². The molecule has 2 heterocycles. The minimum atomic E-state index is 0.355. The summed E-state index contributed by atoms with van der Waals surface area (Å²) in [5.41, 5.74) is 1.25. The van der Waals surface area contributed by atoms with E-state index in [2.05, 4.69) is 27.5 Å². The summed E-state index contributed by atoms with van der Waals surface area (Å²) in [6.45, 7) is 0. The lowest BCUT2D eigenvalue weighted by Gasteiger charge is -1.91. The quantitative estimate of drug-likeness (QED) is 0.783. The molecule has 0 aliphatic heterocycles. The third-order valence-electron chi connectivity index (χ3n) is 1.74. The van der Waals surface area contributed by atoms with E-state index in [4.69, 9.17) is 5.26 Å². The van der Waals surface area contributed by atoms with Gasteiger partial charge in [0.25, 0.3) is 0 Å². The summed E-state index contributed by atoms with van der Waals surface area (Å²) >= 11 is 5.29. The van der Waals surface area contributed by atoms with Crippen LogP contribution in [0.5, 0.6) is 0 Å². The van der Waals surface area contributed by atoms with E-state index in [9.17, 15) is 0 Å². The van der Waals surface area contributed by atoms with Crippen molar-refractivity contribution in [1.29, 1.82) is 5.26 Å². The number of pyridine rings is 1. The van der Waals surface area contributed by atoms with Gasteiger partial charge in [-0.3, -0.25) is 4.98 Å². The van der Waals surface area contributed by atoms with Crippen molar-refractivity contribution in [3.05, 3.63) is 30.2 Å². The number of aromatic nitrogens is 2. The maximum Gasteiger partial charge on any atom is 0.176 e. The van der Waals surface area contributed by atoms with Crippen molar-refractivity contribution < 1.29 is 0 Å². The molecule has 0 saturated heterocycles. The predicted molar refractivity (Wildman–Crippen MR) is 62.7 cm³/mol. The number of nitrogens with one attached hydrogen (secondary N) is 1. The van der Waals surface area contributed by atoms with Crippen LogP contribution >= 0.6 is 24.2 Å². The Balaban J connectivity index is 2.48. The molecule has 74 valence electrons. The Bertz CT molecular complexity index is 501. The fourth-order valence-corrected chi connectivity index (χ4v) is 2.13. The molecule has 15 heavy (non-hydrogen) atoms.